The molecule has 2 heteroatoms. The van der Waals surface area contributed by atoms with Crippen molar-refractivity contribution in [3.05, 3.63) is 0 Å². The van der Waals surface area contributed by atoms with Gasteiger partial charge < -0.3 is 10.4 Å². The third-order valence-corrected chi connectivity index (χ3v) is 1.67. The van der Waals surface area contributed by atoms with E-state index >= 15 is 0 Å². The Hall–Kier alpha value is -0.0800. The van der Waals surface area contributed by atoms with Crippen LogP contribution in [0.15, 0.2) is 0 Å². The molecule has 0 unspecified atom stereocenters. The minimum absolute atomic E-state index is 0.250. The standard InChI is InChI=1S/C8H19NO/c1-3-5-8(4-2)9-6-7-10/h8-10H,3-7H2,1-2H3/t8-/m1/s1. The van der Waals surface area contributed by atoms with Gasteiger partial charge in [0.05, 0.1) is 6.61 Å². The van der Waals surface area contributed by atoms with Crippen LogP contribution in [-0.2, 0) is 0 Å². The smallest absolute Gasteiger partial charge is 0.0556 e. The summed E-state index contributed by atoms with van der Waals surface area (Å²) in [6, 6.07) is 0.608. The summed E-state index contributed by atoms with van der Waals surface area (Å²) >= 11 is 0. The van der Waals surface area contributed by atoms with Crippen molar-refractivity contribution in [3.63, 3.8) is 0 Å². The van der Waals surface area contributed by atoms with E-state index < -0.39 is 0 Å². The number of nitrogens with one attached hydrogen (secondary N) is 1. The van der Waals surface area contributed by atoms with E-state index in [9.17, 15) is 0 Å². The molecule has 62 valence electrons. The van der Waals surface area contributed by atoms with Gasteiger partial charge in [-0.2, -0.15) is 0 Å². The first-order chi connectivity index (χ1) is 4.85. The first-order valence-corrected chi connectivity index (χ1v) is 4.19. The van der Waals surface area contributed by atoms with Gasteiger partial charge in [0.15, 0.2) is 0 Å². The van der Waals surface area contributed by atoms with Gasteiger partial charge in [-0.3, -0.25) is 0 Å². The lowest BCUT2D eigenvalue weighted by Gasteiger charge is -2.14. The second kappa shape index (κ2) is 7.03. The highest BCUT2D eigenvalue weighted by Gasteiger charge is 2.01. The Morgan fingerprint density at radius 2 is 2.10 bits per heavy atom. The summed E-state index contributed by atoms with van der Waals surface area (Å²) in [4.78, 5) is 0. The molecular weight excluding hydrogens is 126 g/mol. The second-order valence-electron chi connectivity index (χ2n) is 2.57. The summed E-state index contributed by atoms with van der Waals surface area (Å²) in [7, 11) is 0. The van der Waals surface area contributed by atoms with Gasteiger partial charge in [-0.25, -0.2) is 0 Å². The molecule has 0 aromatic rings. The maximum Gasteiger partial charge on any atom is 0.0556 e. The van der Waals surface area contributed by atoms with Gasteiger partial charge in [0.1, 0.15) is 0 Å². The summed E-state index contributed by atoms with van der Waals surface area (Å²) in [5.74, 6) is 0. The van der Waals surface area contributed by atoms with Crippen molar-refractivity contribution in [2.75, 3.05) is 13.2 Å². The average Bonchev–Trinajstić information content (AvgIpc) is 1.98. The fourth-order valence-corrected chi connectivity index (χ4v) is 1.07. The van der Waals surface area contributed by atoms with Crippen LogP contribution in [0.2, 0.25) is 0 Å². The predicted molar refractivity (Wildman–Crippen MR) is 44.1 cm³/mol. The highest BCUT2D eigenvalue weighted by molar-refractivity contribution is 4.62. The van der Waals surface area contributed by atoms with Gasteiger partial charge in [0.25, 0.3) is 0 Å². The number of aliphatic hydroxyl groups is 1. The van der Waals surface area contributed by atoms with Crippen LogP contribution >= 0.6 is 0 Å². The molecule has 0 aromatic carbocycles. The molecule has 0 saturated carbocycles. The zero-order valence-corrected chi connectivity index (χ0v) is 7.06. The first-order valence-electron chi connectivity index (χ1n) is 4.19. The molecule has 0 bridgehead atoms. The Morgan fingerprint density at radius 3 is 2.50 bits per heavy atom. The van der Waals surface area contributed by atoms with Gasteiger partial charge in [0.2, 0.25) is 0 Å². The largest absolute Gasteiger partial charge is 0.395 e. The SMILES string of the molecule is CCC[C@@H](CC)NCCO. The van der Waals surface area contributed by atoms with Gasteiger partial charge in [-0.1, -0.05) is 20.3 Å². The fraction of sp³-hybridized carbons (Fsp3) is 1.00. The molecule has 2 N–H and O–H groups in total. The van der Waals surface area contributed by atoms with Crippen LogP contribution in [0.3, 0.4) is 0 Å². The molecular formula is C8H19NO. The summed E-state index contributed by atoms with van der Waals surface area (Å²) in [6.45, 7) is 5.34. The van der Waals surface area contributed by atoms with Crippen LogP contribution in [0.4, 0.5) is 0 Å². The lowest BCUT2D eigenvalue weighted by molar-refractivity contribution is 0.280. The molecule has 1 atom stereocenters. The molecule has 0 saturated heterocycles. The lowest BCUT2D eigenvalue weighted by atomic mass is 10.1. The maximum atomic E-state index is 8.52. The Bertz CT molecular complexity index is 66.3. The zero-order valence-electron chi connectivity index (χ0n) is 7.06. The molecule has 0 heterocycles. The van der Waals surface area contributed by atoms with Crippen LogP contribution in [0, 0.1) is 0 Å². The average molecular weight is 145 g/mol. The van der Waals surface area contributed by atoms with Crippen molar-refractivity contribution < 1.29 is 5.11 Å². The Morgan fingerprint density at radius 1 is 1.40 bits per heavy atom. The number of hydrogen-bond acceptors (Lipinski definition) is 2. The van der Waals surface area contributed by atoms with Crippen LogP contribution in [0.5, 0.6) is 0 Å². The maximum absolute atomic E-state index is 8.52. The number of rotatable bonds is 6. The lowest BCUT2D eigenvalue weighted by Crippen LogP contribution is -2.30. The minimum atomic E-state index is 0.250. The van der Waals surface area contributed by atoms with E-state index in [-0.39, 0.29) is 6.61 Å². The van der Waals surface area contributed by atoms with Crippen molar-refractivity contribution in [2.45, 2.75) is 39.2 Å². The molecule has 10 heavy (non-hydrogen) atoms. The predicted octanol–water partition coefficient (Wildman–Crippen LogP) is 1.15. The molecule has 0 aromatic heterocycles. The van der Waals surface area contributed by atoms with E-state index in [1.54, 1.807) is 0 Å². The molecule has 0 rings (SSSR count). The van der Waals surface area contributed by atoms with Crippen molar-refractivity contribution in [2.24, 2.45) is 0 Å². The molecule has 0 amide bonds. The number of aliphatic hydroxyl groups excluding tert-OH is 1. The normalized spacial score (nSPS) is 13.5. The van der Waals surface area contributed by atoms with Gasteiger partial charge >= 0.3 is 0 Å². The van der Waals surface area contributed by atoms with E-state index in [2.05, 4.69) is 19.2 Å². The first kappa shape index (κ1) is 9.92. The van der Waals surface area contributed by atoms with E-state index in [4.69, 9.17) is 5.11 Å². The van der Waals surface area contributed by atoms with Crippen LogP contribution in [0.1, 0.15) is 33.1 Å². The van der Waals surface area contributed by atoms with Crippen LogP contribution in [0.25, 0.3) is 0 Å². The van der Waals surface area contributed by atoms with Crippen molar-refractivity contribution in [1.82, 2.24) is 5.32 Å². The highest BCUT2D eigenvalue weighted by atomic mass is 16.3. The van der Waals surface area contributed by atoms with E-state index in [0.717, 1.165) is 13.0 Å². The monoisotopic (exact) mass is 145 g/mol. The Labute approximate surface area is 63.6 Å². The Kier molecular flexibility index (Phi) is 6.98. The molecule has 0 aliphatic carbocycles. The fourth-order valence-electron chi connectivity index (χ4n) is 1.07. The molecule has 0 spiro atoms. The molecule has 0 fully saturated rings. The quantitative estimate of drug-likeness (QED) is 0.587. The summed E-state index contributed by atoms with van der Waals surface area (Å²) < 4.78 is 0. The van der Waals surface area contributed by atoms with Gasteiger partial charge in [-0.15, -0.1) is 0 Å². The van der Waals surface area contributed by atoms with Crippen LogP contribution < -0.4 is 5.32 Å². The van der Waals surface area contributed by atoms with E-state index in [0.29, 0.717) is 6.04 Å². The van der Waals surface area contributed by atoms with Crippen LogP contribution in [-0.4, -0.2) is 24.3 Å². The van der Waals surface area contributed by atoms with E-state index in [1.807, 2.05) is 0 Å². The topological polar surface area (TPSA) is 32.3 Å². The second-order valence-corrected chi connectivity index (χ2v) is 2.57. The molecule has 0 aliphatic rings. The molecule has 2 nitrogen and oxygen atoms in total. The van der Waals surface area contributed by atoms with Crippen molar-refractivity contribution in [3.8, 4) is 0 Å². The zero-order chi connectivity index (χ0) is 7.82. The third-order valence-electron chi connectivity index (χ3n) is 1.67. The summed E-state index contributed by atoms with van der Waals surface area (Å²) in [5.41, 5.74) is 0. The molecule has 0 radical (unpaired) electrons. The third kappa shape index (κ3) is 4.77. The highest BCUT2D eigenvalue weighted by Crippen LogP contribution is 1.99. The van der Waals surface area contributed by atoms with Crippen molar-refractivity contribution in [1.29, 1.82) is 0 Å². The Balaban J connectivity index is 3.21. The summed E-state index contributed by atoms with van der Waals surface area (Å²) in [5, 5.41) is 11.8. The van der Waals surface area contributed by atoms with E-state index in [1.165, 1.54) is 12.8 Å². The molecule has 0 aliphatic heterocycles. The number of hydrogen-bond donors (Lipinski definition) is 2. The van der Waals surface area contributed by atoms with Gasteiger partial charge in [-0.05, 0) is 12.8 Å². The minimum Gasteiger partial charge on any atom is -0.395 e. The summed E-state index contributed by atoms with van der Waals surface area (Å²) in [6.07, 6.45) is 3.60. The van der Waals surface area contributed by atoms with Crippen molar-refractivity contribution >= 4 is 0 Å². The van der Waals surface area contributed by atoms with Gasteiger partial charge in [0, 0.05) is 12.6 Å².